The fourth-order valence-corrected chi connectivity index (χ4v) is 2.95. The molecule has 0 unspecified atom stereocenters. The van der Waals surface area contributed by atoms with E-state index in [0.29, 0.717) is 12.5 Å². The van der Waals surface area contributed by atoms with E-state index in [2.05, 4.69) is 46.4 Å². The Kier molecular flexibility index (Phi) is 6.96. The summed E-state index contributed by atoms with van der Waals surface area (Å²) in [5, 5.41) is 5.64. The minimum Gasteiger partial charge on any atom is -0.358 e. The number of nitrogens with zero attached hydrogens (tertiary/aromatic N) is 2. The van der Waals surface area contributed by atoms with Crippen LogP contribution in [-0.2, 0) is 9.59 Å². The van der Waals surface area contributed by atoms with Gasteiger partial charge in [-0.3, -0.25) is 19.4 Å². The van der Waals surface area contributed by atoms with Crippen LogP contribution < -0.4 is 10.6 Å². The lowest BCUT2D eigenvalue weighted by Gasteiger charge is -2.37. The maximum absolute atomic E-state index is 12.5. The number of rotatable bonds is 6. The van der Waals surface area contributed by atoms with E-state index in [9.17, 15) is 9.59 Å². The molecule has 0 aromatic heterocycles. The number of piperazine rings is 1. The van der Waals surface area contributed by atoms with Crippen molar-refractivity contribution in [2.45, 2.75) is 32.7 Å². The van der Waals surface area contributed by atoms with Gasteiger partial charge in [0.25, 0.3) is 0 Å². The van der Waals surface area contributed by atoms with Crippen molar-refractivity contribution >= 4 is 17.5 Å². The van der Waals surface area contributed by atoms with E-state index in [0.717, 1.165) is 31.9 Å². The minimum atomic E-state index is -0.188. The van der Waals surface area contributed by atoms with Gasteiger partial charge < -0.3 is 10.6 Å². The van der Waals surface area contributed by atoms with E-state index in [1.165, 1.54) is 5.56 Å². The highest BCUT2D eigenvalue weighted by Gasteiger charge is 2.26. The summed E-state index contributed by atoms with van der Waals surface area (Å²) in [4.78, 5) is 28.2. The summed E-state index contributed by atoms with van der Waals surface area (Å²) < 4.78 is 0. The molecule has 138 valence electrons. The first-order chi connectivity index (χ1) is 11.9. The number of hydrogen-bond acceptors (Lipinski definition) is 4. The summed E-state index contributed by atoms with van der Waals surface area (Å²) in [7, 11) is 1.65. The third-order valence-electron chi connectivity index (χ3n) is 4.82. The highest BCUT2D eigenvalue weighted by Crippen LogP contribution is 2.17. The van der Waals surface area contributed by atoms with Gasteiger partial charge in [0.1, 0.15) is 0 Å². The van der Waals surface area contributed by atoms with E-state index >= 15 is 0 Å². The summed E-state index contributed by atoms with van der Waals surface area (Å²) in [6, 6.07) is 7.85. The highest BCUT2D eigenvalue weighted by molar-refractivity contribution is 5.94. The molecule has 2 rings (SSSR count). The number of carbonyl (C=O) groups excluding carboxylic acids is 2. The van der Waals surface area contributed by atoms with Crippen LogP contribution in [0.1, 0.15) is 32.3 Å². The summed E-state index contributed by atoms with van der Waals surface area (Å²) >= 11 is 0. The molecule has 2 amide bonds. The second kappa shape index (κ2) is 8.97. The predicted octanol–water partition coefficient (Wildman–Crippen LogP) is 1.50. The van der Waals surface area contributed by atoms with Crippen molar-refractivity contribution in [1.29, 1.82) is 0 Å². The smallest absolute Gasteiger partial charge is 0.241 e. The van der Waals surface area contributed by atoms with Crippen LogP contribution in [0.25, 0.3) is 0 Å². The van der Waals surface area contributed by atoms with Gasteiger partial charge in [-0.25, -0.2) is 0 Å². The Hall–Kier alpha value is -1.92. The van der Waals surface area contributed by atoms with E-state index in [4.69, 9.17) is 0 Å². The van der Waals surface area contributed by atoms with Crippen molar-refractivity contribution in [2.75, 3.05) is 45.1 Å². The van der Waals surface area contributed by atoms with Gasteiger partial charge in [0.2, 0.25) is 11.8 Å². The van der Waals surface area contributed by atoms with Crippen molar-refractivity contribution in [3.63, 3.8) is 0 Å². The first-order valence-electron chi connectivity index (χ1n) is 8.98. The molecule has 0 saturated carbocycles. The number of carbonyl (C=O) groups is 2. The number of hydrogen-bond donors (Lipinski definition) is 2. The number of amides is 2. The van der Waals surface area contributed by atoms with Crippen LogP contribution in [0.15, 0.2) is 24.3 Å². The monoisotopic (exact) mass is 346 g/mol. The number of benzene rings is 1. The lowest BCUT2D eigenvalue weighted by atomic mass is 10.0. The Labute approximate surface area is 150 Å². The zero-order valence-corrected chi connectivity index (χ0v) is 15.7. The molecule has 6 nitrogen and oxygen atoms in total. The van der Waals surface area contributed by atoms with Gasteiger partial charge in [-0.05, 0) is 30.5 Å². The van der Waals surface area contributed by atoms with Crippen LogP contribution in [0, 0.1) is 0 Å². The molecule has 1 aliphatic rings. The maximum atomic E-state index is 12.5. The Morgan fingerprint density at radius 2 is 1.64 bits per heavy atom. The Bertz CT molecular complexity index is 578. The van der Waals surface area contributed by atoms with Gasteiger partial charge in [0.15, 0.2) is 0 Å². The van der Waals surface area contributed by atoms with Crippen LogP contribution in [0.4, 0.5) is 5.69 Å². The van der Waals surface area contributed by atoms with Crippen LogP contribution in [0.5, 0.6) is 0 Å². The molecule has 6 heteroatoms. The Morgan fingerprint density at radius 1 is 1.04 bits per heavy atom. The largest absolute Gasteiger partial charge is 0.358 e. The van der Waals surface area contributed by atoms with Crippen molar-refractivity contribution in [3.8, 4) is 0 Å². The maximum Gasteiger partial charge on any atom is 0.241 e. The molecule has 25 heavy (non-hydrogen) atoms. The van der Waals surface area contributed by atoms with Gasteiger partial charge in [0.05, 0.1) is 12.6 Å². The van der Waals surface area contributed by atoms with Crippen molar-refractivity contribution < 1.29 is 9.59 Å². The first-order valence-corrected chi connectivity index (χ1v) is 8.98. The molecule has 0 spiro atoms. The summed E-state index contributed by atoms with van der Waals surface area (Å²) in [5.74, 6) is 0.524. The Balaban J connectivity index is 1.83. The second-order valence-corrected chi connectivity index (χ2v) is 6.93. The molecule has 1 atom stereocenters. The SMILES string of the molecule is CNC(=O)CN1CCN([C@H](C)C(=O)Nc2ccc(C(C)C)cc2)CC1. The van der Waals surface area contributed by atoms with E-state index in [1.54, 1.807) is 7.05 Å². The molecule has 1 aromatic rings. The van der Waals surface area contributed by atoms with Crippen molar-refractivity contribution in [1.82, 2.24) is 15.1 Å². The lowest BCUT2D eigenvalue weighted by molar-refractivity contribution is -0.124. The van der Waals surface area contributed by atoms with Crippen LogP contribution in [0.3, 0.4) is 0 Å². The number of likely N-dealkylation sites (N-methyl/N-ethyl adjacent to an activating group) is 1. The quantitative estimate of drug-likeness (QED) is 0.819. The molecule has 0 aliphatic carbocycles. The second-order valence-electron chi connectivity index (χ2n) is 6.93. The van der Waals surface area contributed by atoms with Crippen LogP contribution in [0.2, 0.25) is 0 Å². The van der Waals surface area contributed by atoms with E-state index in [1.807, 2.05) is 19.1 Å². The average Bonchev–Trinajstić information content (AvgIpc) is 2.62. The van der Waals surface area contributed by atoms with Gasteiger partial charge >= 0.3 is 0 Å². The first kappa shape index (κ1) is 19.4. The minimum absolute atomic E-state index is 0.0112. The third kappa shape index (κ3) is 5.54. The standard InChI is InChI=1S/C19H30N4O2/c1-14(2)16-5-7-17(8-6-16)21-19(25)15(3)23-11-9-22(10-12-23)13-18(24)20-4/h5-8,14-15H,9-13H2,1-4H3,(H,20,24)(H,21,25)/t15-/m1/s1. The summed E-state index contributed by atoms with van der Waals surface area (Å²) in [6.45, 7) is 9.84. The highest BCUT2D eigenvalue weighted by atomic mass is 16.2. The van der Waals surface area contributed by atoms with Gasteiger partial charge in [0, 0.05) is 38.9 Å². The molecule has 1 saturated heterocycles. The molecule has 1 aromatic carbocycles. The molecule has 1 fully saturated rings. The molecular weight excluding hydrogens is 316 g/mol. The molecular formula is C19H30N4O2. The Morgan fingerprint density at radius 3 is 2.16 bits per heavy atom. The van der Waals surface area contributed by atoms with Crippen LogP contribution in [-0.4, -0.2) is 67.4 Å². The average molecular weight is 346 g/mol. The fraction of sp³-hybridized carbons (Fsp3) is 0.579. The third-order valence-corrected chi connectivity index (χ3v) is 4.82. The van der Waals surface area contributed by atoms with Crippen molar-refractivity contribution in [3.05, 3.63) is 29.8 Å². The topological polar surface area (TPSA) is 64.7 Å². The normalized spacial score (nSPS) is 17.3. The molecule has 1 aliphatic heterocycles. The van der Waals surface area contributed by atoms with Gasteiger partial charge in [-0.2, -0.15) is 0 Å². The zero-order valence-electron chi connectivity index (χ0n) is 15.7. The van der Waals surface area contributed by atoms with Gasteiger partial charge in [-0.1, -0.05) is 26.0 Å². The molecule has 0 bridgehead atoms. The van der Waals surface area contributed by atoms with Crippen LogP contribution >= 0.6 is 0 Å². The van der Waals surface area contributed by atoms with Crippen molar-refractivity contribution in [2.24, 2.45) is 0 Å². The van der Waals surface area contributed by atoms with E-state index < -0.39 is 0 Å². The zero-order chi connectivity index (χ0) is 18.4. The lowest BCUT2D eigenvalue weighted by Crippen LogP contribution is -2.54. The predicted molar refractivity (Wildman–Crippen MR) is 101 cm³/mol. The number of anilines is 1. The molecule has 1 heterocycles. The number of nitrogens with one attached hydrogen (secondary N) is 2. The summed E-state index contributed by atoms with van der Waals surface area (Å²) in [5.41, 5.74) is 2.10. The molecule has 0 radical (unpaired) electrons. The summed E-state index contributed by atoms with van der Waals surface area (Å²) in [6.07, 6.45) is 0. The van der Waals surface area contributed by atoms with E-state index in [-0.39, 0.29) is 17.9 Å². The molecule has 2 N–H and O–H groups in total. The fourth-order valence-electron chi connectivity index (χ4n) is 2.95. The van der Waals surface area contributed by atoms with Gasteiger partial charge in [-0.15, -0.1) is 0 Å².